The summed E-state index contributed by atoms with van der Waals surface area (Å²) in [5.41, 5.74) is 6.92. The lowest BCUT2D eigenvalue weighted by molar-refractivity contribution is -0.0499. The molecule has 0 bridgehead atoms. The van der Waals surface area contributed by atoms with Crippen molar-refractivity contribution >= 4 is 5.78 Å². The number of ketones is 1. The monoisotopic (exact) mass is 227 g/mol. The molecular formula is C11H11F2NO2. The summed E-state index contributed by atoms with van der Waals surface area (Å²) < 4.78 is 28.2. The van der Waals surface area contributed by atoms with Gasteiger partial charge in [0.1, 0.15) is 5.75 Å². The molecule has 1 aliphatic carbocycles. The third-order valence-electron chi connectivity index (χ3n) is 2.63. The molecule has 0 fully saturated rings. The fourth-order valence-corrected chi connectivity index (χ4v) is 1.85. The normalized spacial score (nSPS) is 19.8. The Morgan fingerprint density at radius 3 is 2.88 bits per heavy atom. The number of hydrogen-bond donors (Lipinski definition) is 1. The van der Waals surface area contributed by atoms with E-state index < -0.39 is 6.61 Å². The van der Waals surface area contributed by atoms with E-state index in [4.69, 9.17) is 5.73 Å². The van der Waals surface area contributed by atoms with E-state index in [-0.39, 0.29) is 17.6 Å². The van der Waals surface area contributed by atoms with Crippen molar-refractivity contribution in [1.29, 1.82) is 0 Å². The second-order valence-corrected chi connectivity index (χ2v) is 3.70. The van der Waals surface area contributed by atoms with Crippen LogP contribution in [0.1, 0.15) is 34.8 Å². The quantitative estimate of drug-likeness (QED) is 0.843. The number of halogens is 2. The summed E-state index contributed by atoms with van der Waals surface area (Å²) in [6, 6.07) is 4.12. The summed E-state index contributed by atoms with van der Waals surface area (Å²) in [7, 11) is 0. The van der Waals surface area contributed by atoms with E-state index in [0.717, 1.165) is 0 Å². The van der Waals surface area contributed by atoms with Crippen molar-refractivity contribution < 1.29 is 18.3 Å². The molecule has 2 N–H and O–H groups in total. The minimum Gasteiger partial charge on any atom is -0.435 e. The summed E-state index contributed by atoms with van der Waals surface area (Å²) in [5, 5.41) is 0. The van der Waals surface area contributed by atoms with E-state index in [0.29, 0.717) is 24.0 Å². The molecule has 1 aromatic rings. The standard InChI is InChI=1S/C11H11F2NO2/c12-11(13)16-6-1-2-7-8(5-6)10(15)4-3-9(7)14/h1-2,5,9,11H,3-4,14H2/t9-/m1/s1. The number of benzene rings is 1. The maximum atomic E-state index is 12.0. The summed E-state index contributed by atoms with van der Waals surface area (Å²) in [5.74, 6) is -0.0763. The predicted molar refractivity (Wildman–Crippen MR) is 53.6 cm³/mol. The Morgan fingerprint density at radius 1 is 1.44 bits per heavy atom. The molecule has 0 radical (unpaired) electrons. The minimum atomic E-state index is -2.88. The Kier molecular flexibility index (Phi) is 2.87. The molecule has 0 unspecified atom stereocenters. The second kappa shape index (κ2) is 4.17. The van der Waals surface area contributed by atoms with Crippen molar-refractivity contribution in [1.82, 2.24) is 0 Å². The van der Waals surface area contributed by atoms with Crippen LogP contribution in [0.2, 0.25) is 0 Å². The molecule has 0 aromatic heterocycles. The lowest BCUT2D eigenvalue weighted by atomic mass is 9.87. The van der Waals surface area contributed by atoms with Crippen molar-refractivity contribution in [2.45, 2.75) is 25.5 Å². The highest BCUT2D eigenvalue weighted by Crippen LogP contribution is 2.30. The maximum Gasteiger partial charge on any atom is 0.387 e. The minimum absolute atomic E-state index is 0.00352. The first-order valence-corrected chi connectivity index (χ1v) is 4.95. The molecule has 0 aliphatic heterocycles. The van der Waals surface area contributed by atoms with Gasteiger partial charge in [-0.25, -0.2) is 0 Å². The highest BCUT2D eigenvalue weighted by Gasteiger charge is 2.23. The van der Waals surface area contributed by atoms with Gasteiger partial charge in [-0.2, -0.15) is 8.78 Å². The molecule has 0 amide bonds. The summed E-state index contributed by atoms with van der Waals surface area (Å²) in [6.07, 6.45) is 0.952. The third kappa shape index (κ3) is 2.04. The lowest BCUT2D eigenvalue weighted by Crippen LogP contribution is -2.21. The van der Waals surface area contributed by atoms with E-state index >= 15 is 0 Å². The van der Waals surface area contributed by atoms with Gasteiger partial charge in [0, 0.05) is 18.0 Å². The van der Waals surface area contributed by atoms with Gasteiger partial charge in [0.05, 0.1) is 0 Å². The van der Waals surface area contributed by atoms with Crippen LogP contribution in [0.4, 0.5) is 8.78 Å². The van der Waals surface area contributed by atoms with E-state index in [9.17, 15) is 13.6 Å². The number of carbonyl (C=O) groups is 1. The average molecular weight is 227 g/mol. The summed E-state index contributed by atoms with van der Waals surface area (Å²) >= 11 is 0. The predicted octanol–water partition coefficient (Wildman–Crippen LogP) is 2.26. The zero-order valence-corrected chi connectivity index (χ0v) is 8.45. The van der Waals surface area contributed by atoms with Gasteiger partial charge in [0.25, 0.3) is 0 Å². The van der Waals surface area contributed by atoms with Crippen molar-refractivity contribution in [2.75, 3.05) is 0 Å². The van der Waals surface area contributed by atoms with E-state index in [1.165, 1.54) is 12.1 Å². The van der Waals surface area contributed by atoms with Crippen molar-refractivity contribution in [3.63, 3.8) is 0 Å². The number of nitrogens with two attached hydrogens (primary N) is 1. The highest BCUT2D eigenvalue weighted by molar-refractivity contribution is 5.99. The Bertz CT molecular complexity index is 420. The van der Waals surface area contributed by atoms with E-state index in [2.05, 4.69) is 4.74 Å². The van der Waals surface area contributed by atoms with Crippen LogP contribution in [0.25, 0.3) is 0 Å². The molecule has 0 saturated carbocycles. The number of rotatable bonds is 2. The van der Waals surface area contributed by atoms with Gasteiger partial charge in [-0.15, -0.1) is 0 Å². The second-order valence-electron chi connectivity index (χ2n) is 3.70. The van der Waals surface area contributed by atoms with Gasteiger partial charge < -0.3 is 10.5 Å². The molecule has 86 valence electrons. The Morgan fingerprint density at radius 2 is 2.19 bits per heavy atom. The molecule has 1 aliphatic rings. The van der Waals surface area contributed by atoms with Gasteiger partial charge in [0.15, 0.2) is 5.78 Å². The van der Waals surface area contributed by atoms with Crippen LogP contribution in [0.5, 0.6) is 5.75 Å². The molecule has 2 rings (SSSR count). The number of fused-ring (bicyclic) bond motifs is 1. The van der Waals surface area contributed by atoms with Gasteiger partial charge in [0.2, 0.25) is 0 Å². The molecular weight excluding hydrogens is 216 g/mol. The number of alkyl halides is 2. The Hall–Kier alpha value is -1.49. The fourth-order valence-electron chi connectivity index (χ4n) is 1.85. The molecule has 1 aromatic carbocycles. The Balaban J connectivity index is 2.36. The van der Waals surface area contributed by atoms with Crippen LogP contribution in [-0.2, 0) is 0 Å². The first-order chi connectivity index (χ1) is 7.58. The molecule has 0 heterocycles. The first kappa shape index (κ1) is 11.0. The lowest BCUT2D eigenvalue weighted by Gasteiger charge is -2.21. The first-order valence-electron chi connectivity index (χ1n) is 4.95. The number of Topliss-reactive ketones (excluding diaryl/α,β-unsaturated/α-hetero) is 1. The molecule has 3 nitrogen and oxygen atoms in total. The summed E-state index contributed by atoms with van der Waals surface area (Å²) in [6.45, 7) is -2.88. The van der Waals surface area contributed by atoms with Gasteiger partial charge in [-0.1, -0.05) is 6.07 Å². The van der Waals surface area contributed by atoms with Gasteiger partial charge >= 0.3 is 6.61 Å². The highest BCUT2D eigenvalue weighted by atomic mass is 19.3. The molecule has 0 spiro atoms. The van der Waals surface area contributed by atoms with Gasteiger partial charge in [-0.05, 0) is 24.1 Å². The number of carbonyl (C=O) groups excluding carboxylic acids is 1. The zero-order valence-electron chi connectivity index (χ0n) is 8.45. The molecule has 5 heteroatoms. The largest absolute Gasteiger partial charge is 0.435 e. The van der Waals surface area contributed by atoms with Crippen LogP contribution in [0.3, 0.4) is 0 Å². The fraction of sp³-hybridized carbons (Fsp3) is 0.364. The topological polar surface area (TPSA) is 52.3 Å². The zero-order chi connectivity index (χ0) is 11.7. The van der Waals surface area contributed by atoms with Gasteiger partial charge in [-0.3, -0.25) is 4.79 Å². The van der Waals surface area contributed by atoms with E-state index in [1.54, 1.807) is 6.07 Å². The smallest absolute Gasteiger partial charge is 0.387 e. The van der Waals surface area contributed by atoms with Crippen LogP contribution in [0.15, 0.2) is 18.2 Å². The summed E-state index contributed by atoms with van der Waals surface area (Å²) in [4.78, 5) is 11.6. The average Bonchev–Trinajstić information content (AvgIpc) is 2.23. The molecule has 0 saturated heterocycles. The molecule has 1 atom stereocenters. The molecule has 16 heavy (non-hydrogen) atoms. The Labute approximate surface area is 91.2 Å². The SMILES string of the molecule is N[C@@H]1CCC(=O)c2cc(OC(F)F)ccc21. The van der Waals surface area contributed by atoms with Crippen LogP contribution in [-0.4, -0.2) is 12.4 Å². The maximum absolute atomic E-state index is 12.0. The number of hydrogen-bond acceptors (Lipinski definition) is 3. The van der Waals surface area contributed by atoms with Crippen LogP contribution < -0.4 is 10.5 Å². The van der Waals surface area contributed by atoms with Crippen molar-refractivity contribution in [2.24, 2.45) is 5.73 Å². The number of ether oxygens (including phenoxy) is 1. The van der Waals surface area contributed by atoms with Crippen molar-refractivity contribution in [3.8, 4) is 5.75 Å². The van der Waals surface area contributed by atoms with Crippen molar-refractivity contribution in [3.05, 3.63) is 29.3 Å². The van der Waals surface area contributed by atoms with Crippen LogP contribution in [0, 0.1) is 0 Å². The third-order valence-corrected chi connectivity index (χ3v) is 2.63. The van der Waals surface area contributed by atoms with Crippen LogP contribution >= 0.6 is 0 Å². The van der Waals surface area contributed by atoms with E-state index in [1.807, 2.05) is 0 Å².